The van der Waals surface area contributed by atoms with Crippen molar-refractivity contribution in [3.63, 3.8) is 0 Å². The summed E-state index contributed by atoms with van der Waals surface area (Å²) in [6.07, 6.45) is -1.77. The molecule has 0 spiro atoms. The molecule has 0 aromatic heterocycles. The highest BCUT2D eigenvalue weighted by Gasteiger charge is 2.35. The third-order valence-electron chi connectivity index (χ3n) is 2.25. The van der Waals surface area contributed by atoms with Crippen molar-refractivity contribution in [2.75, 3.05) is 13.1 Å². The minimum Gasteiger partial charge on any atom is -0.303 e. The van der Waals surface area contributed by atoms with Crippen LogP contribution in [-0.4, -0.2) is 36.5 Å². The van der Waals surface area contributed by atoms with Crippen LogP contribution >= 0.6 is 0 Å². The summed E-state index contributed by atoms with van der Waals surface area (Å²) in [4.78, 5) is 11.5. The van der Waals surface area contributed by atoms with E-state index in [1.807, 2.05) is 0 Å². The molecule has 0 amide bonds. The number of carbonyl (C=O) groups is 1. The first kappa shape index (κ1) is 10.5. The Kier molecular flexibility index (Phi) is 3.30. The molecule has 5 heteroatoms. The highest BCUT2D eigenvalue weighted by molar-refractivity contribution is 5.50. The molecular formula is C8H12F3NO. The van der Waals surface area contributed by atoms with Gasteiger partial charge in [-0.25, -0.2) is 0 Å². The number of rotatable bonds is 3. The summed E-state index contributed by atoms with van der Waals surface area (Å²) in [5.74, 6) is 0. The fourth-order valence-electron chi connectivity index (χ4n) is 1.71. The molecule has 13 heavy (non-hydrogen) atoms. The topological polar surface area (TPSA) is 20.3 Å². The van der Waals surface area contributed by atoms with Crippen LogP contribution in [0.15, 0.2) is 0 Å². The van der Waals surface area contributed by atoms with Crippen molar-refractivity contribution in [1.29, 1.82) is 0 Å². The Morgan fingerprint density at radius 2 is 2.15 bits per heavy atom. The first-order valence-corrected chi connectivity index (χ1v) is 4.27. The van der Waals surface area contributed by atoms with Gasteiger partial charge in [0.05, 0.1) is 6.54 Å². The highest BCUT2D eigenvalue weighted by Crippen LogP contribution is 2.24. The molecule has 0 N–H and O–H groups in total. The molecule has 1 rings (SSSR count). The van der Waals surface area contributed by atoms with Gasteiger partial charge in [0.25, 0.3) is 0 Å². The lowest BCUT2D eigenvalue weighted by Crippen LogP contribution is -2.37. The van der Waals surface area contributed by atoms with Crippen LogP contribution in [-0.2, 0) is 4.79 Å². The second-order valence-electron chi connectivity index (χ2n) is 3.28. The number of hydrogen-bond donors (Lipinski definition) is 0. The van der Waals surface area contributed by atoms with E-state index in [0.29, 0.717) is 19.3 Å². The van der Waals surface area contributed by atoms with E-state index in [1.54, 1.807) is 0 Å². The molecule has 1 unspecified atom stereocenters. The second-order valence-corrected chi connectivity index (χ2v) is 3.28. The quantitative estimate of drug-likeness (QED) is 0.637. The van der Waals surface area contributed by atoms with E-state index in [9.17, 15) is 18.0 Å². The first-order chi connectivity index (χ1) is 6.03. The van der Waals surface area contributed by atoms with E-state index in [2.05, 4.69) is 0 Å². The minimum atomic E-state index is -4.15. The van der Waals surface area contributed by atoms with Gasteiger partial charge < -0.3 is 4.79 Å². The Labute approximate surface area is 74.7 Å². The van der Waals surface area contributed by atoms with Crippen molar-refractivity contribution in [2.45, 2.75) is 31.5 Å². The van der Waals surface area contributed by atoms with Crippen molar-refractivity contribution in [2.24, 2.45) is 0 Å². The van der Waals surface area contributed by atoms with Crippen molar-refractivity contribution in [3.05, 3.63) is 0 Å². The van der Waals surface area contributed by atoms with Gasteiger partial charge in [-0.15, -0.1) is 0 Å². The molecule has 1 aliphatic heterocycles. The first-order valence-electron chi connectivity index (χ1n) is 4.27. The Morgan fingerprint density at radius 1 is 1.46 bits per heavy atom. The molecule has 1 fully saturated rings. The molecule has 1 heterocycles. The molecule has 0 aromatic rings. The van der Waals surface area contributed by atoms with Gasteiger partial charge in [0.2, 0.25) is 0 Å². The fourth-order valence-corrected chi connectivity index (χ4v) is 1.71. The van der Waals surface area contributed by atoms with Gasteiger partial charge in [-0.3, -0.25) is 4.90 Å². The van der Waals surface area contributed by atoms with E-state index in [4.69, 9.17) is 0 Å². The third kappa shape index (κ3) is 3.34. The van der Waals surface area contributed by atoms with Crippen LogP contribution in [0.4, 0.5) is 13.2 Å². The van der Waals surface area contributed by atoms with Gasteiger partial charge in [0, 0.05) is 12.5 Å². The summed E-state index contributed by atoms with van der Waals surface area (Å²) in [6, 6.07) is -0.195. The van der Waals surface area contributed by atoms with Gasteiger partial charge >= 0.3 is 6.18 Å². The maximum atomic E-state index is 12.0. The molecule has 0 aromatic carbocycles. The lowest BCUT2D eigenvalue weighted by atomic mass is 10.1. The Balaban J connectivity index is 2.43. The summed E-state index contributed by atoms with van der Waals surface area (Å²) in [5.41, 5.74) is 0. The molecule has 76 valence electrons. The number of nitrogens with zero attached hydrogens (tertiary/aromatic N) is 1. The molecule has 1 aliphatic rings. The zero-order valence-corrected chi connectivity index (χ0v) is 7.18. The largest absolute Gasteiger partial charge is 0.401 e. The van der Waals surface area contributed by atoms with E-state index in [0.717, 1.165) is 6.42 Å². The summed E-state index contributed by atoms with van der Waals surface area (Å²) in [5, 5.41) is 0. The SMILES string of the molecule is O=CCC1CCCN1CC(F)(F)F. The van der Waals surface area contributed by atoms with E-state index >= 15 is 0 Å². The van der Waals surface area contributed by atoms with Crippen LogP contribution in [0.25, 0.3) is 0 Å². The van der Waals surface area contributed by atoms with Gasteiger partial charge in [-0.1, -0.05) is 0 Å². The molecule has 1 atom stereocenters. The normalized spacial score (nSPS) is 25.0. The van der Waals surface area contributed by atoms with Crippen LogP contribution < -0.4 is 0 Å². The molecular weight excluding hydrogens is 183 g/mol. The number of likely N-dealkylation sites (tertiary alicyclic amines) is 1. The van der Waals surface area contributed by atoms with Crippen molar-refractivity contribution in [1.82, 2.24) is 4.90 Å². The number of carbonyl (C=O) groups excluding carboxylic acids is 1. The van der Waals surface area contributed by atoms with Crippen molar-refractivity contribution < 1.29 is 18.0 Å². The van der Waals surface area contributed by atoms with E-state index in [1.165, 1.54) is 4.90 Å². The number of aldehydes is 1. The molecule has 0 aliphatic carbocycles. The fraction of sp³-hybridized carbons (Fsp3) is 0.875. The number of alkyl halides is 3. The van der Waals surface area contributed by atoms with Gasteiger partial charge in [0.1, 0.15) is 6.29 Å². The molecule has 0 saturated carbocycles. The van der Waals surface area contributed by atoms with Gasteiger partial charge in [-0.05, 0) is 19.4 Å². The smallest absolute Gasteiger partial charge is 0.303 e. The Hall–Kier alpha value is -0.580. The van der Waals surface area contributed by atoms with Crippen molar-refractivity contribution in [3.8, 4) is 0 Å². The summed E-state index contributed by atoms with van der Waals surface area (Å²) >= 11 is 0. The number of hydrogen-bond acceptors (Lipinski definition) is 2. The maximum Gasteiger partial charge on any atom is 0.401 e. The van der Waals surface area contributed by atoms with Gasteiger partial charge in [-0.2, -0.15) is 13.2 Å². The maximum absolute atomic E-state index is 12.0. The van der Waals surface area contributed by atoms with E-state index < -0.39 is 12.7 Å². The zero-order valence-electron chi connectivity index (χ0n) is 7.18. The molecule has 2 nitrogen and oxygen atoms in total. The monoisotopic (exact) mass is 195 g/mol. The lowest BCUT2D eigenvalue weighted by molar-refractivity contribution is -0.148. The average molecular weight is 195 g/mol. The predicted octanol–water partition coefficient (Wildman–Crippen LogP) is 1.60. The molecule has 0 radical (unpaired) electrons. The van der Waals surface area contributed by atoms with E-state index in [-0.39, 0.29) is 12.5 Å². The standard InChI is InChI=1S/C8H12F3NO/c9-8(10,11)6-12-4-1-2-7(12)3-5-13/h5,7H,1-4,6H2. The van der Waals surface area contributed by atoms with Crippen LogP contribution in [0, 0.1) is 0 Å². The minimum absolute atomic E-state index is 0.195. The predicted molar refractivity (Wildman–Crippen MR) is 41.3 cm³/mol. The lowest BCUT2D eigenvalue weighted by Gasteiger charge is -2.23. The molecule has 0 bridgehead atoms. The third-order valence-corrected chi connectivity index (χ3v) is 2.25. The molecule has 1 saturated heterocycles. The summed E-state index contributed by atoms with van der Waals surface area (Å²) < 4.78 is 36.0. The summed E-state index contributed by atoms with van der Waals surface area (Å²) in [7, 11) is 0. The van der Waals surface area contributed by atoms with Crippen LogP contribution in [0.3, 0.4) is 0 Å². The number of halogens is 3. The second kappa shape index (κ2) is 4.09. The zero-order chi connectivity index (χ0) is 9.90. The van der Waals surface area contributed by atoms with Crippen LogP contribution in [0.1, 0.15) is 19.3 Å². The average Bonchev–Trinajstić information content (AvgIpc) is 2.34. The van der Waals surface area contributed by atoms with Crippen molar-refractivity contribution >= 4 is 6.29 Å². The van der Waals surface area contributed by atoms with Crippen LogP contribution in [0.5, 0.6) is 0 Å². The van der Waals surface area contributed by atoms with Crippen LogP contribution in [0.2, 0.25) is 0 Å². The summed E-state index contributed by atoms with van der Waals surface area (Å²) in [6.45, 7) is -0.427. The Morgan fingerprint density at radius 3 is 2.69 bits per heavy atom. The van der Waals surface area contributed by atoms with Gasteiger partial charge in [0.15, 0.2) is 0 Å². The highest BCUT2D eigenvalue weighted by atomic mass is 19.4. The Bertz CT molecular complexity index is 181.